The van der Waals surface area contributed by atoms with Crippen LogP contribution in [-0.2, 0) is 23.8 Å². The van der Waals surface area contributed by atoms with E-state index in [9.17, 15) is 19.2 Å². The number of esters is 1. The van der Waals surface area contributed by atoms with E-state index in [1.54, 1.807) is 30.3 Å². The maximum atomic E-state index is 11.6. The molecule has 1 heterocycles. The lowest BCUT2D eigenvalue weighted by Crippen LogP contribution is -2.29. The van der Waals surface area contributed by atoms with Crippen LogP contribution in [0.25, 0.3) is 0 Å². The van der Waals surface area contributed by atoms with Crippen LogP contribution in [0.15, 0.2) is 30.3 Å². The van der Waals surface area contributed by atoms with Gasteiger partial charge in [0.15, 0.2) is 6.10 Å². The van der Waals surface area contributed by atoms with Crippen molar-refractivity contribution in [2.75, 3.05) is 13.2 Å². The first-order valence-electron chi connectivity index (χ1n) is 6.45. The van der Waals surface area contributed by atoms with Crippen molar-refractivity contribution < 1.29 is 33.4 Å². The lowest BCUT2D eigenvalue weighted by Gasteiger charge is -2.09. The predicted molar refractivity (Wildman–Crippen MR) is 70.7 cm³/mol. The van der Waals surface area contributed by atoms with Gasteiger partial charge in [0.25, 0.3) is 5.91 Å². The second-order valence-electron chi connectivity index (χ2n) is 4.32. The first-order valence-corrected chi connectivity index (χ1v) is 6.45. The Kier molecular flexibility index (Phi) is 5.07. The van der Waals surface area contributed by atoms with Crippen molar-refractivity contribution in [3.63, 3.8) is 0 Å². The standard InChI is InChI=1S/C14H13NO7/c16-11-8-10(12(17)15-11)22-14(19)21-7-6-20-13(18)9-4-2-1-3-5-9/h1-5,10H,6-8H2,(H,15,16,17)/t10-/m1/s1. The zero-order chi connectivity index (χ0) is 15.9. The van der Waals surface area contributed by atoms with Crippen LogP contribution in [0.5, 0.6) is 0 Å². The lowest BCUT2D eigenvalue weighted by atomic mass is 10.2. The third-order valence-electron chi connectivity index (χ3n) is 2.71. The smallest absolute Gasteiger partial charge is 0.458 e. The topological polar surface area (TPSA) is 108 Å². The molecule has 22 heavy (non-hydrogen) atoms. The Morgan fingerprint density at radius 2 is 1.77 bits per heavy atom. The highest BCUT2D eigenvalue weighted by Gasteiger charge is 2.34. The molecule has 8 nitrogen and oxygen atoms in total. The summed E-state index contributed by atoms with van der Waals surface area (Å²) in [5.74, 6) is -1.74. The fourth-order valence-corrected chi connectivity index (χ4v) is 1.69. The zero-order valence-corrected chi connectivity index (χ0v) is 11.4. The molecule has 1 aliphatic rings. The number of imide groups is 1. The van der Waals surface area contributed by atoms with E-state index in [1.807, 2.05) is 5.32 Å². The first-order chi connectivity index (χ1) is 10.6. The number of benzene rings is 1. The molecule has 0 radical (unpaired) electrons. The average molecular weight is 307 g/mol. The summed E-state index contributed by atoms with van der Waals surface area (Å²) in [4.78, 5) is 44.9. The van der Waals surface area contributed by atoms with Crippen molar-refractivity contribution in [3.8, 4) is 0 Å². The Morgan fingerprint density at radius 3 is 2.41 bits per heavy atom. The lowest BCUT2D eigenvalue weighted by molar-refractivity contribution is -0.128. The maximum Gasteiger partial charge on any atom is 0.509 e. The summed E-state index contributed by atoms with van der Waals surface area (Å²) in [6, 6.07) is 8.33. The molecule has 0 saturated carbocycles. The fourth-order valence-electron chi connectivity index (χ4n) is 1.69. The van der Waals surface area contributed by atoms with Gasteiger partial charge in [-0.15, -0.1) is 0 Å². The second kappa shape index (κ2) is 7.21. The zero-order valence-electron chi connectivity index (χ0n) is 11.4. The van der Waals surface area contributed by atoms with Gasteiger partial charge in [-0.3, -0.25) is 14.9 Å². The minimum Gasteiger partial charge on any atom is -0.458 e. The molecule has 0 unspecified atom stereocenters. The third kappa shape index (κ3) is 4.30. The van der Waals surface area contributed by atoms with E-state index in [0.29, 0.717) is 5.56 Å². The van der Waals surface area contributed by atoms with Crippen molar-refractivity contribution in [2.24, 2.45) is 0 Å². The Labute approximate surface area is 125 Å². The van der Waals surface area contributed by atoms with Crippen LogP contribution in [0.3, 0.4) is 0 Å². The van der Waals surface area contributed by atoms with Crippen molar-refractivity contribution >= 4 is 23.9 Å². The number of nitrogens with one attached hydrogen (secondary N) is 1. The molecule has 8 heteroatoms. The highest BCUT2D eigenvalue weighted by Crippen LogP contribution is 2.07. The number of ether oxygens (including phenoxy) is 3. The molecule has 0 aromatic heterocycles. The van der Waals surface area contributed by atoms with E-state index in [0.717, 1.165) is 0 Å². The van der Waals surface area contributed by atoms with E-state index in [1.165, 1.54) is 0 Å². The molecule has 1 atom stereocenters. The van der Waals surface area contributed by atoms with Crippen LogP contribution in [0.4, 0.5) is 4.79 Å². The molecule has 2 rings (SSSR count). The van der Waals surface area contributed by atoms with Crippen molar-refractivity contribution in [1.29, 1.82) is 0 Å². The summed E-state index contributed by atoms with van der Waals surface area (Å²) in [5, 5.41) is 1.99. The van der Waals surface area contributed by atoms with Crippen LogP contribution >= 0.6 is 0 Å². The SMILES string of the molecule is O=C1C[C@@H](OC(=O)OCCOC(=O)c2ccccc2)C(=O)N1. The molecule has 0 spiro atoms. The van der Waals surface area contributed by atoms with E-state index >= 15 is 0 Å². The molecule has 2 amide bonds. The number of rotatable bonds is 5. The van der Waals surface area contributed by atoms with Crippen LogP contribution in [0.1, 0.15) is 16.8 Å². The molecular weight excluding hydrogens is 294 g/mol. The highest BCUT2D eigenvalue weighted by atomic mass is 16.7. The van der Waals surface area contributed by atoms with Crippen LogP contribution in [-0.4, -0.2) is 43.3 Å². The first kappa shape index (κ1) is 15.5. The quantitative estimate of drug-likeness (QED) is 0.477. The van der Waals surface area contributed by atoms with E-state index in [4.69, 9.17) is 4.74 Å². The molecule has 1 aromatic carbocycles. The van der Waals surface area contributed by atoms with Crippen molar-refractivity contribution in [1.82, 2.24) is 5.32 Å². The van der Waals surface area contributed by atoms with Crippen molar-refractivity contribution in [3.05, 3.63) is 35.9 Å². The van der Waals surface area contributed by atoms with Gasteiger partial charge in [-0.1, -0.05) is 18.2 Å². The molecule has 116 valence electrons. The van der Waals surface area contributed by atoms with Crippen LogP contribution < -0.4 is 5.32 Å². The second-order valence-corrected chi connectivity index (χ2v) is 4.32. The summed E-state index contributed by atoms with van der Waals surface area (Å²) in [5.41, 5.74) is 0.381. The highest BCUT2D eigenvalue weighted by molar-refractivity contribution is 6.05. The Balaban J connectivity index is 1.64. The van der Waals surface area contributed by atoms with Gasteiger partial charge < -0.3 is 14.2 Å². The molecule has 1 saturated heterocycles. The molecule has 1 aromatic rings. The molecular formula is C14H13NO7. The van der Waals surface area contributed by atoms with Crippen molar-refractivity contribution in [2.45, 2.75) is 12.5 Å². The minimum absolute atomic E-state index is 0.154. The van der Waals surface area contributed by atoms with E-state index in [2.05, 4.69) is 9.47 Å². The Morgan fingerprint density at radius 1 is 1.09 bits per heavy atom. The van der Waals surface area contributed by atoms with Crippen LogP contribution in [0, 0.1) is 0 Å². The largest absolute Gasteiger partial charge is 0.509 e. The molecule has 0 bridgehead atoms. The fraction of sp³-hybridized carbons (Fsp3) is 0.286. The molecule has 1 N–H and O–H groups in total. The molecule has 1 fully saturated rings. The van der Waals surface area contributed by atoms with Gasteiger partial charge in [0.2, 0.25) is 5.91 Å². The monoisotopic (exact) mass is 307 g/mol. The van der Waals surface area contributed by atoms with Gasteiger partial charge >= 0.3 is 12.1 Å². The predicted octanol–water partition coefficient (Wildman–Crippen LogP) is 0.412. The van der Waals surface area contributed by atoms with Gasteiger partial charge in [-0.2, -0.15) is 0 Å². The number of hydrogen-bond acceptors (Lipinski definition) is 7. The number of carbonyl (C=O) groups excluding carboxylic acids is 4. The van der Waals surface area contributed by atoms with Gasteiger partial charge in [0, 0.05) is 0 Å². The van der Waals surface area contributed by atoms with Gasteiger partial charge in [0.05, 0.1) is 12.0 Å². The summed E-state index contributed by atoms with van der Waals surface area (Å²) in [6.45, 7) is -0.377. The molecule has 1 aliphatic heterocycles. The summed E-state index contributed by atoms with van der Waals surface area (Å²) >= 11 is 0. The van der Waals surface area contributed by atoms with Gasteiger partial charge in [-0.05, 0) is 12.1 Å². The van der Waals surface area contributed by atoms with Gasteiger partial charge in [-0.25, -0.2) is 9.59 Å². The maximum absolute atomic E-state index is 11.6. The summed E-state index contributed by atoms with van der Waals surface area (Å²) in [6.07, 6.45) is -2.51. The van der Waals surface area contributed by atoms with Crippen LogP contribution in [0.2, 0.25) is 0 Å². The average Bonchev–Trinajstić information content (AvgIpc) is 2.82. The summed E-state index contributed by atoms with van der Waals surface area (Å²) in [7, 11) is 0. The number of carbonyl (C=O) groups is 4. The Hall–Kier alpha value is -2.90. The number of hydrogen-bond donors (Lipinski definition) is 1. The minimum atomic E-state index is -1.17. The van der Waals surface area contributed by atoms with E-state index in [-0.39, 0.29) is 19.6 Å². The molecule has 0 aliphatic carbocycles. The summed E-state index contributed by atoms with van der Waals surface area (Å²) < 4.78 is 14.2. The van der Waals surface area contributed by atoms with Gasteiger partial charge in [0.1, 0.15) is 13.2 Å². The third-order valence-corrected chi connectivity index (χ3v) is 2.71. The Bertz CT molecular complexity index is 584. The van der Waals surface area contributed by atoms with E-state index < -0.39 is 30.0 Å². The normalized spacial score (nSPS) is 16.8. The number of amides is 2.